The summed E-state index contributed by atoms with van der Waals surface area (Å²) >= 11 is 7.35. The number of nitrogens with one attached hydrogen (secondary N) is 1. The van der Waals surface area contributed by atoms with Gasteiger partial charge in [0.15, 0.2) is 0 Å². The van der Waals surface area contributed by atoms with Gasteiger partial charge < -0.3 is 10.1 Å². The average Bonchev–Trinajstić information content (AvgIpc) is 3.40. The first-order valence-electron chi connectivity index (χ1n) is 9.00. The molecule has 4 nitrogen and oxygen atoms in total. The highest BCUT2D eigenvalue weighted by Gasteiger charge is 2.22. The van der Waals surface area contributed by atoms with Gasteiger partial charge in [-0.05, 0) is 37.0 Å². The fraction of sp³-hybridized carbons (Fsp3) is 0.238. The van der Waals surface area contributed by atoms with Crippen LogP contribution < -0.4 is 10.1 Å². The molecule has 0 radical (unpaired) electrons. The molecule has 1 saturated carbocycles. The maximum atomic E-state index is 14.6. The van der Waals surface area contributed by atoms with Crippen LogP contribution in [0.25, 0.3) is 10.6 Å². The summed E-state index contributed by atoms with van der Waals surface area (Å²) in [5, 5.41) is 5.59. The van der Waals surface area contributed by atoms with Crippen molar-refractivity contribution in [2.45, 2.75) is 19.4 Å². The van der Waals surface area contributed by atoms with Crippen molar-refractivity contribution >= 4 is 28.8 Å². The van der Waals surface area contributed by atoms with E-state index in [9.17, 15) is 9.18 Å². The van der Waals surface area contributed by atoms with E-state index in [0.29, 0.717) is 39.5 Å². The average molecular weight is 417 g/mol. The number of halogens is 2. The van der Waals surface area contributed by atoms with E-state index in [1.165, 1.54) is 30.2 Å². The lowest BCUT2D eigenvalue weighted by atomic mass is 10.2. The number of aromatic nitrogens is 1. The molecular weight excluding hydrogens is 399 g/mol. The number of hydrogen-bond acceptors (Lipinski definition) is 4. The van der Waals surface area contributed by atoms with Gasteiger partial charge in [-0.3, -0.25) is 4.79 Å². The molecule has 2 aromatic carbocycles. The molecule has 1 aliphatic carbocycles. The standard InChI is InChI=1S/C21H18ClFN2O2S/c22-17-4-2-1-3-14(17)11-27-15-7-8-16(18(23)9-15)21-25-19(12-28-21)20(26)24-10-13-5-6-13/h1-4,7-9,12-13H,5-6,10-11H2,(H,24,26). The maximum absolute atomic E-state index is 14.6. The second kappa shape index (κ2) is 8.29. The molecular formula is C21H18ClFN2O2S. The van der Waals surface area contributed by atoms with E-state index in [2.05, 4.69) is 10.3 Å². The summed E-state index contributed by atoms with van der Waals surface area (Å²) in [5.74, 6) is 0.336. The number of rotatable bonds is 7. The van der Waals surface area contributed by atoms with Crippen LogP contribution in [0, 0.1) is 11.7 Å². The van der Waals surface area contributed by atoms with Gasteiger partial charge >= 0.3 is 0 Å². The molecule has 7 heteroatoms. The van der Waals surface area contributed by atoms with Crippen molar-refractivity contribution in [1.29, 1.82) is 0 Å². The fourth-order valence-electron chi connectivity index (χ4n) is 2.69. The highest BCUT2D eigenvalue weighted by atomic mass is 35.5. The van der Waals surface area contributed by atoms with E-state index in [1.807, 2.05) is 18.2 Å². The quantitative estimate of drug-likeness (QED) is 0.567. The number of hydrogen-bond donors (Lipinski definition) is 1. The molecule has 3 aromatic rings. The Bertz CT molecular complexity index is 1000. The predicted molar refractivity (Wildman–Crippen MR) is 108 cm³/mol. The van der Waals surface area contributed by atoms with E-state index in [0.717, 1.165) is 5.56 Å². The Morgan fingerprint density at radius 1 is 1.29 bits per heavy atom. The van der Waals surface area contributed by atoms with Crippen LogP contribution >= 0.6 is 22.9 Å². The Morgan fingerprint density at radius 2 is 2.11 bits per heavy atom. The second-order valence-electron chi connectivity index (χ2n) is 6.71. The molecule has 1 fully saturated rings. The van der Waals surface area contributed by atoms with Crippen molar-refractivity contribution in [2.24, 2.45) is 5.92 Å². The fourth-order valence-corrected chi connectivity index (χ4v) is 3.70. The number of benzene rings is 2. The maximum Gasteiger partial charge on any atom is 0.270 e. The number of carbonyl (C=O) groups is 1. The second-order valence-corrected chi connectivity index (χ2v) is 7.98. The van der Waals surface area contributed by atoms with Crippen LogP contribution in [0.3, 0.4) is 0 Å². The summed E-state index contributed by atoms with van der Waals surface area (Å²) in [6.07, 6.45) is 2.33. The number of amides is 1. The van der Waals surface area contributed by atoms with Gasteiger partial charge in [-0.15, -0.1) is 11.3 Å². The highest BCUT2D eigenvalue weighted by Crippen LogP contribution is 2.30. The van der Waals surface area contributed by atoms with Crippen molar-refractivity contribution in [3.63, 3.8) is 0 Å². The summed E-state index contributed by atoms with van der Waals surface area (Å²) < 4.78 is 20.2. The zero-order chi connectivity index (χ0) is 19.5. The minimum absolute atomic E-state index is 0.213. The molecule has 0 bridgehead atoms. The number of nitrogens with zero attached hydrogens (tertiary/aromatic N) is 1. The number of ether oxygens (including phenoxy) is 1. The smallest absolute Gasteiger partial charge is 0.270 e. The first-order chi connectivity index (χ1) is 13.6. The van der Waals surface area contributed by atoms with Gasteiger partial charge in [-0.25, -0.2) is 9.37 Å². The molecule has 1 aromatic heterocycles. The summed E-state index contributed by atoms with van der Waals surface area (Å²) in [5.41, 5.74) is 1.49. The van der Waals surface area contributed by atoms with E-state index in [1.54, 1.807) is 23.6 Å². The van der Waals surface area contributed by atoms with E-state index < -0.39 is 5.82 Å². The number of carbonyl (C=O) groups excluding carboxylic acids is 1. The lowest BCUT2D eigenvalue weighted by molar-refractivity contribution is 0.0947. The van der Waals surface area contributed by atoms with Crippen LogP contribution in [-0.2, 0) is 6.61 Å². The van der Waals surface area contributed by atoms with Crippen LogP contribution in [0.5, 0.6) is 5.75 Å². The normalized spacial score (nSPS) is 13.4. The van der Waals surface area contributed by atoms with Crippen LogP contribution in [0.4, 0.5) is 4.39 Å². The Balaban J connectivity index is 1.42. The summed E-state index contributed by atoms with van der Waals surface area (Å²) in [6, 6.07) is 12.0. The van der Waals surface area contributed by atoms with Crippen LogP contribution in [0.2, 0.25) is 5.02 Å². The van der Waals surface area contributed by atoms with Gasteiger partial charge in [0, 0.05) is 34.1 Å². The molecule has 0 aliphatic heterocycles. The van der Waals surface area contributed by atoms with Crippen LogP contribution in [0.15, 0.2) is 47.8 Å². The zero-order valence-electron chi connectivity index (χ0n) is 15.0. The van der Waals surface area contributed by atoms with Crippen molar-refractivity contribution < 1.29 is 13.9 Å². The lowest BCUT2D eigenvalue weighted by Crippen LogP contribution is -2.25. The Hall–Kier alpha value is -2.44. The highest BCUT2D eigenvalue weighted by molar-refractivity contribution is 7.13. The van der Waals surface area contributed by atoms with Crippen molar-refractivity contribution in [3.8, 4) is 16.3 Å². The third-order valence-electron chi connectivity index (χ3n) is 4.51. The van der Waals surface area contributed by atoms with Crippen molar-refractivity contribution in [2.75, 3.05) is 6.54 Å². The molecule has 0 saturated heterocycles. The van der Waals surface area contributed by atoms with Gasteiger partial charge in [0.1, 0.15) is 28.9 Å². The zero-order valence-corrected chi connectivity index (χ0v) is 16.5. The van der Waals surface area contributed by atoms with E-state index in [4.69, 9.17) is 16.3 Å². The van der Waals surface area contributed by atoms with Gasteiger partial charge in [0.05, 0.1) is 0 Å². The summed E-state index contributed by atoms with van der Waals surface area (Å²) in [7, 11) is 0. The molecule has 0 atom stereocenters. The summed E-state index contributed by atoms with van der Waals surface area (Å²) in [4.78, 5) is 16.4. The van der Waals surface area contributed by atoms with Crippen LogP contribution in [-0.4, -0.2) is 17.4 Å². The molecule has 28 heavy (non-hydrogen) atoms. The van der Waals surface area contributed by atoms with E-state index >= 15 is 0 Å². The molecule has 1 aliphatic rings. The molecule has 0 unspecified atom stereocenters. The van der Waals surface area contributed by atoms with Gasteiger partial charge in [-0.2, -0.15) is 0 Å². The predicted octanol–water partition coefficient (Wildman–Crippen LogP) is 5.32. The lowest BCUT2D eigenvalue weighted by Gasteiger charge is -2.09. The first kappa shape index (κ1) is 18.9. The minimum Gasteiger partial charge on any atom is -0.489 e. The van der Waals surface area contributed by atoms with Gasteiger partial charge in [-0.1, -0.05) is 29.8 Å². The van der Waals surface area contributed by atoms with E-state index in [-0.39, 0.29) is 12.5 Å². The topological polar surface area (TPSA) is 51.2 Å². The Labute approximate surface area is 171 Å². The first-order valence-corrected chi connectivity index (χ1v) is 10.3. The summed E-state index contributed by atoms with van der Waals surface area (Å²) in [6.45, 7) is 0.929. The Morgan fingerprint density at radius 3 is 2.86 bits per heavy atom. The number of thiazole rings is 1. The third kappa shape index (κ3) is 4.51. The van der Waals surface area contributed by atoms with Crippen molar-refractivity contribution in [1.82, 2.24) is 10.3 Å². The minimum atomic E-state index is -0.448. The van der Waals surface area contributed by atoms with Crippen LogP contribution in [0.1, 0.15) is 28.9 Å². The molecule has 0 spiro atoms. The molecule has 144 valence electrons. The molecule has 4 rings (SSSR count). The third-order valence-corrected chi connectivity index (χ3v) is 5.75. The molecule has 1 amide bonds. The largest absolute Gasteiger partial charge is 0.489 e. The van der Waals surface area contributed by atoms with Gasteiger partial charge in [0.2, 0.25) is 0 Å². The molecule has 1 heterocycles. The van der Waals surface area contributed by atoms with Crippen molar-refractivity contribution in [3.05, 3.63) is 69.9 Å². The Kier molecular flexibility index (Phi) is 5.59. The van der Waals surface area contributed by atoms with Gasteiger partial charge in [0.25, 0.3) is 5.91 Å². The SMILES string of the molecule is O=C(NCC1CC1)c1csc(-c2ccc(OCc3ccccc3Cl)cc2F)n1. The monoisotopic (exact) mass is 416 g/mol. The molecule has 1 N–H and O–H groups in total.